The van der Waals surface area contributed by atoms with Gasteiger partial charge in [-0.25, -0.2) is 0 Å². The molecule has 0 unspecified atom stereocenters. The minimum Gasteiger partial charge on any atom is -0.0840 e. The van der Waals surface area contributed by atoms with Crippen LogP contribution < -0.4 is 0 Å². The van der Waals surface area contributed by atoms with Crippen molar-refractivity contribution in [3.05, 3.63) is 34.3 Å². The predicted molar refractivity (Wildman–Crippen MR) is 62.0 cm³/mol. The Labute approximate surface area is 91.3 Å². The van der Waals surface area contributed by atoms with E-state index in [0.717, 1.165) is 5.02 Å². The van der Waals surface area contributed by atoms with Crippen molar-refractivity contribution < 1.29 is 0 Å². The highest BCUT2D eigenvalue weighted by Crippen LogP contribution is 2.47. The standard InChI is InChI=1S/C13H17Cl/c1-13(2,3)10-8-7-9-5-4-6-11(14)12(9)10/h4-6,10H,7-8H2,1-3H3/t10-/m1/s1. The number of rotatable bonds is 0. The van der Waals surface area contributed by atoms with Gasteiger partial charge >= 0.3 is 0 Å². The van der Waals surface area contributed by atoms with Crippen LogP contribution in [0.4, 0.5) is 0 Å². The van der Waals surface area contributed by atoms with E-state index in [-0.39, 0.29) is 0 Å². The molecule has 1 aromatic carbocycles. The largest absolute Gasteiger partial charge is 0.0840 e. The molecule has 2 rings (SSSR count). The van der Waals surface area contributed by atoms with E-state index in [0.29, 0.717) is 11.3 Å². The second kappa shape index (κ2) is 3.27. The normalized spacial score (nSPS) is 21.0. The Morgan fingerprint density at radius 3 is 2.64 bits per heavy atom. The number of hydrogen-bond donors (Lipinski definition) is 0. The quantitative estimate of drug-likeness (QED) is 0.592. The minimum absolute atomic E-state index is 0.330. The lowest BCUT2D eigenvalue weighted by Gasteiger charge is -2.28. The molecule has 0 fully saturated rings. The molecule has 0 heterocycles. The first-order chi connectivity index (χ1) is 6.50. The van der Waals surface area contributed by atoms with Gasteiger partial charge in [-0.05, 0) is 41.4 Å². The van der Waals surface area contributed by atoms with Crippen LogP contribution in [0.2, 0.25) is 5.02 Å². The topological polar surface area (TPSA) is 0 Å². The Morgan fingerprint density at radius 1 is 1.29 bits per heavy atom. The van der Waals surface area contributed by atoms with Gasteiger partial charge < -0.3 is 0 Å². The smallest absolute Gasteiger partial charge is 0.0443 e. The second-order valence-corrected chi connectivity index (χ2v) is 5.68. The summed E-state index contributed by atoms with van der Waals surface area (Å²) in [5.74, 6) is 0.631. The Bertz CT molecular complexity index is 347. The number of hydrogen-bond acceptors (Lipinski definition) is 0. The number of fused-ring (bicyclic) bond motifs is 1. The molecule has 1 heteroatoms. The van der Waals surface area contributed by atoms with E-state index in [9.17, 15) is 0 Å². The maximum atomic E-state index is 6.27. The van der Waals surface area contributed by atoms with Crippen molar-refractivity contribution in [2.45, 2.75) is 39.5 Å². The lowest BCUT2D eigenvalue weighted by atomic mass is 9.77. The Hall–Kier alpha value is -0.490. The Morgan fingerprint density at radius 2 is 2.00 bits per heavy atom. The van der Waals surface area contributed by atoms with Crippen LogP contribution in [-0.2, 0) is 6.42 Å². The first-order valence-corrected chi connectivity index (χ1v) is 5.65. The molecule has 0 aromatic heterocycles. The van der Waals surface area contributed by atoms with Crippen molar-refractivity contribution in [1.82, 2.24) is 0 Å². The Balaban J connectivity index is 2.48. The van der Waals surface area contributed by atoms with Gasteiger partial charge in [0.25, 0.3) is 0 Å². The van der Waals surface area contributed by atoms with Crippen molar-refractivity contribution in [2.75, 3.05) is 0 Å². The van der Waals surface area contributed by atoms with Gasteiger partial charge in [-0.15, -0.1) is 0 Å². The van der Waals surface area contributed by atoms with E-state index in [2.05, 4.69) is 32.9 Å². The first kappa shape index (κ1) is 10.0. The van der Waals surface area contributed by atoms with E-state index in [1.165, 1.54) is 24.0 Å². The van der Waals surface area contributed by atoms with Gasteiger partial charge in [0.2, 0.25) is 0 Å². The summed E-state index contributed by atoms with van der Waals surface area (Å²) in [6.45, 7) is 6.91. The first-order valence-electron chi connectivity index (χ1n) is 5.27. The van der Waals surface area contributed by atoms with Gasteiger partial charge in [0.15, 0.2) is 0 Å². The van der Waals surface area contributed by atoms with Gasteiger partial charge in [0.05, 0.1) is 0 Å². The molecule has 0 saturated carbocycles. The van der Waals surface area contributed by atoms with E-state index < -0.39 is 0 Å². The molecule has 14 heavy (non-hydrogen) atoms. The summed E-state index contributed by atoms with van der Waals surface area (Å²) in [5, 5.41) is 0.958. The van der Waals surface area contributed by atoms with Crippen molar-refractivity contribution in [3.63, 3.8) is 0 Å². The fourth-order valence-corrected chi connectivity index (χ4v) is 2.83. The van der Waals surface area contributed by atoms with Crippen LogP contribution in [0, 0.1) is 5.41 Å². The summed E-state index contributed by atoms with van der Waals surface area (Å²) in [4.78, 5) is 0. The third kappa shape index (κ3) is 1.56. The highest BCUT2D eigenvalue weighted by molar-refractivity contribution is 6.31. The minimum atomic E-state index is 0.330. The molecule has 0 nitrogen and oxygen atoms in total. The fraction of sp³-hybridized carbons (Fsp3) is 0.538. The highest BCUT2D eigenvalue weighted by atomic mass is 35.5. The second-order valence-electron chi connectivity index (χ2n) is 5.27. The molecule has 0 spiro atoms. The average Bonchev–Trinajstić information content (AvgIpc) is 2.47. The molecule has 0 radical (unpaired) electrons. The van der Waals surface area contributed by atoms with Crippen molar-refractivity contribution in [2.24, 2.45) is 5.41 Å². The van der Waals surface area contributed by atoms with Crippen molar-refractivity contribution >= 4 is 11.6 Å². The zero-order valence-electron chi connectivity index (χ0n) is 9.10. The summed E-state index contributed by atoms with van der Waals surface area (Å²) in [6, 6.07) is 6.30. The maximum Gasteiger partial charge on any atom is 0.0443 e. The summed E-state index contributed by atoms with van der Waals surface area (Å²) in [6.07, 6.45) is 2.44. The molecule has 0 amide bonds. The molecular weight excluding hydrogens is 192 g/mol. The lowest BCUT2D eigenvalue weighted by molar-refractivity contribution is 0.319. The molecule has 0 saturated heterocycles. The third-order valence-electron chi connectivity index (χ3n) is 3.24. The Kier molecular flexibility index (Phi) is 2.35. The molecule has 0 aliphatic heterocycles. The van der Waals surface area contributed by atoms with Crippen LogP contribution in [0.5, 0.6) is 0 Å². The molecule has 1 aromatic rings. The van der Waals surface area contributed by atoms with Crippen LogP contribution in [0.15, 0.2) is 18.2 Å². The molecule has 1 atom stereocenters. The van der Waals surface area contributed by atoms with Crippen LogP contribution in [0.3, 0.4) is 0 Å². The van der Waals surface area contributed by atoms with E-state index in [1.807, 2.05) is 6.07 Å². The zero-order valence-corrected chi connectivity index (χ0v) is 9.86. The summed E-state index contributed by atoms with van der Waals surface area (Å²) in [7, 11) is 0. The third-order valence-corrected chi connectivity index (χ3v) is 3.57. The monoisotopic (exact) mass is 208 g/mol. The van der Waals surface area contributed by atoms with Crippen LogP contribution in [0.25, 0.3) is 0 Å². The van der Waals surface area contributed by atoms with E-state index in [4.69, 9.17) is 11.6 Å². The summed E-state index contributed by atoms with van der Waals surface area (Å²) < 4.78 is 0. The molecule has 76 valence electrons. The SMILES string of the molecule is CC(C)(C)[C@@H]1CCc2cccc(Cl)c21. The van der Waals surface area contributed by atoms with E-state index >= 15 is 0 Å². The molecule has 0 bridgehead atoms. The van der Waals surface area contributed by atoms with Gasteiger partial charge in [-0.1, -0.05) is 44.5 Å². The van der Waals surface area contributed by atoms with E-state index in [1.54, 1.807) is 0 Å². The van der Waals surface area contributed by atoms with Gasteiger partial charge in [-0.2, -0.15) is 0 Å². The van der Waals surface area contributed by atoms with Crippen molar-refractivity contribution in [3.8, 4) is 0 Å². The van der Waals surface area contributed by atoms with Gasteiger partial charge in [0, 0.05) is 5.02 Å². The zero-order chi connectivity index (χ0) is 10.3. The number of benzene rings is 1. The van der Waals surface area contributed by atoms with Crippen LogP contribution >= 0.6 is 11.6 Å². The lowest BCUT2D eigenvalue weighted by Crippen LogP contribution is -2.16. The number of aryl methyl sites for hydroxylation is 1. The highest BCUT2D eigenvalue weighted by Gasteiger charge is 2.33. The van der Waals surface area contributed by atoms with Gasteiger partial charge in [-0.3, -0.25) is 0 Å². The average molecular weight is 209 g/mol. The molecule has 1 aliphatic carbocycles. The summed E-state index contributed by atoms with van der Waals surface area (Å²) in [5.41, 5.74) is 3.19. The molecular formula is C13H17Cl. The maximum absolute atomic E-state index is 6.27. The van der Waals surface area contributed by atoms with Gasteiger partial charge in [0.1, 0.15) is 0 Å². The fourth-order valence-electron chi connectivity index (χ4n) is 2.50. The van der Waals surface area contributed by atoms with Crippen LogP contribution in [0.1, 0.15) is 44.2 Å². The number of halogens is 1. The molecule has 1 aliphatic rings. The van der Waals surface area contributed by atoms with Crippen molar-refractivity contribution in [1.29, 1.82) is 0 Å². The molecule has 0 N–H and O–H groups in total. The summed E-state index contributed by atoms with van der Waals surface area (Å²) >= 11 is 6.27. The van der Waals surface area contributed by atoms with Crippen LogP contribution in [-0.4, -0.2) is 0 Å². The predicted octanol–water partition coefficient (Wildman–Crippen LogP) is 4.42.